The summed E-state index contributed by atoms with van der Waals surface area (Å²) >= 11 is 0. The van der Waals surface area contributed by atoms with E-state index in [1.165, 1.54) is 24.0 Å². The van der Waals surface area contributed by atoms with Crippen molar-refractivity contribution in [2.24, 2.45) is 5.92 Å². The number of hydrogen-bond acceptors (Lipinski definition) is 4. The van der Waals surface area contributed by atoms with E-state index in [-0.39, 0.29) is 0 Å². The van der Waals surface area contributed by atoms with Gasteiger partial charge in [-0.05, 0) is 58.2 Å². The Hall–Kier alpha value is -1.13. The number of anilines is 1. The number of nitrogens with one attached hydrogen (secondary N) is 1. The Morgan fingerprint density at radius 2 is 2.14 bits per heavy atom. The lowest BCUT2D eigenvalue weighted by Gasteiger charge is -2.33. The Kier molecular flexibility index (Phi) is 5.59. The molecule has 0 radical (unpaired) electrons. The van der Waals surface area contributed by atoms with Gasteiger partial charge in [0, 0.05) is 37.5 Å². The van der Waals surface area contributed by atoms with Crippen molar-refractivity contribution >= 4 is 5.82 Å². The Morgan fingerprint density at radius 1 is 1.43 bits per heavy atom. The second-order valence-corrected chi connectivity index (χ2v) is 6.18. The first-order chi connectivity index (χ1) is 10.1. The van der Waals surface area contributed by atoms with Gasteiger partial charge in [-0.15, -0.1) is 0 Å². The molecule has 0 aromatic carbocycles. The van der Waals surface area contributed by atoms with E-state index >= 15 is 0 Å². The topological polar surface area (TPSA) is 37.4 Å². The molecule has 1 saturated carbocycles. The number of ether oxygens (including phenoxy) is 1. The van der Waals surface area contributed by atoms with Crippen molar-refractivity contribution in [3.8, 4) is 0 Å². The molecular weight excluding hydrogens is 262 g/mol. The van der Waals surface area contributed by atoms with E-state index < -0.39 is 0 Å². The van der Waals surface area contributed by atoms with Crippen molar-refractivity contribution in [1.82, 2.24) is 10.3 Å². The van der Waals surface area contributed by atoms with Crippen LogP contribution in [0.15, 0.2) is 6.07 Å². The van der Waals surface area contributed by atoms with Crippen LogP contribution in [-0.2, 0) is 11.3 Å². The van der Waals surface area contributed by atoms with Crippen molar-refractivity contribution in [3.05, 3.63) is 22.9 Å². The maximum atomic E-state index is 5.32. The fraction of sp³-hybridized carbons (Fsp3) is 0.706. The van der Waals surface area contributed by atoms with Crippen LogP contribution in [-0.4, -0.2) is 38.3 Å². The normalized spacial score (nSPS) is 16.0. The van der Waals surface area contributed by atoms with Crippen LogP contribution in [0.5, 0.6) is 0 Å². The molecular formula is C17H29N3O. The number of methoxy groups -OCH3 is 1. The van der Waals surface area contributed by atoms with Gasteiger partial charge in [0.15, 0.2) is 0 Å². The van der Waals surface area contributed by atoms with Crippen molar-refractivity contribution in [2.45, 2.75) is 46.2 Å². The minimum absolute atomic E-state index is 0.532. The molecule has 1 N–H and O–H groups in total. The van der Waals surface area contributed by atoms with Crippen LogP contribution < -0.4 is 10.2 Å². The number of pyridine rings is 1. The summed E-state index contributed by atoms with van der Waals surface area (Å²) < 4.78 is 5.32. The number of nitrogens with zero attached hydrogens (tertiary/aromatic N) is 2. The molecule has 1 aliphatic rings. The van der Waals surface area contributed by atoms with Gasteiger partial charge in [0.05, 0.1) is 6.61 Å². The van der Waals surface area contributed by atoms with Gasteiger partial charge in [0.2, 0.25) is 0 Å². The molecule has 0 aliphatic heterocycles. The van der Waals surface area contributed by atoms with Gasteiger partial charge >= 0.3 is 0 Å². The minimum Gasteiger partial charge on any atom is -0.383 e. The second kappa shape index (κ2) is 7.23. The van der Waals surface area contributed by atoms with Crippen LogP contribution in [0.4, 0.5) is 5.82 Å². The standard InChI is InChI=1S/C17H29N3O/c1-12-10-13(2)19-17(16(12)11-18-4)20(8-9-21-5)14(3)15-6-7-15/h10,14-15,18H,6-9,11H2,1-5H3. The average molecular weight is 291 g/mol. The molecule has 0 spiro atoms. The third-order valence-electron chi connectivity index (χ3n) is 4.41. The highest BCUT2D eigenvalue weighted by atomic mass is 16.5. The van der Waals surface area contributed by atoms with Crippen LogP contribution >= 0.6 is 0 Å². The van der Waals surface area contributed by atoms with E-state index in [1.54, 1.807) is 7.11 Å². The fourth-order valence-electron chi connectivity index (χ4n) is 3.00. The Balaban J connectivity index is 2.36. The third kappa shape index (κ3) is 3.95. The van der Waals surface area contributed by atoms with Gasteiger partial charge in [0.25, 0.3) is 0 Å². The summed E-state index contributed by atoms with van der Waals surface area (Å²) in [5.41, 5.74) is 3.72. The number of hydrogen-bond donors (Lipinski definition) is 1. The highest BCUT2D eigenvalue weighted by Gasteiger charge is 2.33. The molecule has 1 unspecified atom stereocenters. The van der Waals surface area contributed by atoms with Gasteiger partial charge in [-0.25, -0.2) is 4.98 Å². The van der Waals surface area contributed by atoms with Crippen molar-refractivity contribution in [1.29, 1.82) is 0 Å². The highest BCUT2D eigenvalue weighted by molar-refractivity contribution is 5.52. The molecule has 1 aromatic heterocycles. The van der Waals surface area contributed by atoms with Gasteiger partial charge < -0.3 is 15.0 Å². The predicted molar refractivity (Wildman–Crippen MR) is 87.9 cm³/mol. The zero-order valence-corrected chi connectivity index (χ0v) is 14.1. The summed E-state index contributed by atoms with van der Waals surface area (Å²) in [6.07, 6.45) is 2.69. The predicted octanol–water partition coefficient (Wildman–Crippen LogP) is 2.67. The maximum Gasteiger partial charge on any atom is 0.133 e. The van der Waals surface area contributed by atoms with Crippen LogP contribution in [0.1, 0.15) is 36.6 Å². The summed E-state index contributed by atoms with van der Waals surface area (Å²) in [5.74, 6) is 1.95. The zero-order chi connectivity index (χ0) is 15.4. The van der Waals surface area contributed by atoms with Crippen molar-refractivity contribution in [2.75, 3.05) is 32.2 Å². The Morgan fingerprint density at radius 3 is 2.71 bits per heavy atom. The van der Waals surface area contributed by atoms with Crippen LogP contribution in [0.3, 0.4) is 0 Å². The zero-order valence-electron chi connectivity index (χ0n) is 14.1. The third-order valence-corrected chi connectivity index (χ3v) is 4.41. The molecule has 1 aromatic rings. The Labute approximate surface area is 128 Å². The van der Waals surface area contributed by atoms with Gasteiger partial charge in [-0.1, -0.05) is 0 Å². The lowest BCUT2D eigenvalue weighted by atomic mass is 10.1. The average Bonchev–Trinajstić information content (AvgIpc) is 3.27. The van der Waals surface area contributed by atoms with Crippen molar-refractivity contribution < 1.29 is 4.74 Å². The van der Waals surface area contributed by atoms with Crippen LogP contribution in [0.2, 0.25) is 0 Å². The molecule has 4 heteroatoms. The minimum atomic E-state index is 0.532. The molecule has 118 valence electrons. The smallest absolute Gasteiger partial charge is 0.133 e. The summed E-state index contributed by atoms with van der Waals surface area (Å²) in [4.78, 5) is 7.32. The number of aromatic nitrogens is 1. The molecule has 0 saturated heterocycles. The SMILES string of the molecule is CNCc1c(C)cc(C)nc1N(CCOC)C(C)C1CC1. The maximum absolute atomic E-state index is 5.32. The molecule has 1 heterocycles. The summed E-state index contributed by atoms with van der Waals surface area (Å²) in [6, 6.07) is 2.70. The second-order valence-electron chi connectivity index (χ2n) is 6.18. The number of rotatable bonds is 8. The largest absolute Gasteiger partial charge is 0.383 e. The molecule has 1 atom stereocenters. The highest BCUT2D eigenvalue weighted by Crippen LogP contribution is 2.37. The Bertz CT molecular complexity index is 471. The first kappa shape index (κ1) is 16.2. The molecule has 1 aliphatic carbocycles. The van der Waals surface area contributed by atoms with E-state index in [0.717, 1.165) is 37.1 Å². The lowest BCUT2D eigenvalue weighted by Crippen LogP contribution is -2.39. The molecule has 0 bridgehead atoms. The van der Waals surface area contributed by atoms with E-state index in [1.807, 2.05) is 7.05 Å². The fourth-order valence-corrected chi connectivity index (χ4v) is 3.00. The monoisotopic (exact) mass is 291 g/mol. The number of aryl methyl sites for hydroxylation is 2. The molecule has 2 rings (SSSR count). The molecule has 21 heavy (non-hydrogen) atoms. The van der Waals surface area contributed by atoms with Gasteiger partial charge in [-0.2, -0.15) is 0 Å². The van der Waals surface area contributed by atoms with E-state index in [2.05, 4.69) is 37.1 Å². The quantitative estimate of drug-likeness (QED) is 0.799. The summed E-state index contributed by atoms with van der Waals surface area (Å²) in [7, 11) is 3.76. The van der Waals surface area contributed by atoms with Gasteiger partial charge in [0.1, 0.15) is 5.82 Å². The summed E-state index contributed by atoms with van der Waals surface area (Å²) in [5, 5.41) is 3.28. The van der Waals surface area contributed by atoms with Crippen LogP contribution in [0, 0.1) is 19.8 Å². The molecule has 1 fully saturated rings. The van der Waals surface area contributed by atoms with E-state index in [0.29, 0.717) is 6.04 Å². The first-order valence-electron chi connectivity index (χ1n) is 7.95. The molecule has 0 amide bonds. The van der Waals surface area contributed by atoms with Crippen LogP contribution in [0.25, 0.3) is 0 Å². The van der Waals surface area contributed by atoms with E-state index in [9.17, 15) is 0 Å². The van der Waals surface area contributed by atoms with E-state index in [4.69, 9.17) is 9.72 Å². The summed E-state index contributed by atoms with van der Waals surface area (Å²) in [6.45, 7) is 9.09. The van der Waals surface area contributed by atoms with Crippen molar-refractivity contribution in [3.63, 3.8) is 0 Å². The first-order valence-corrected chi connectivity index (χ1v) is 7.95. The lowest BCUT2D eigenvalue weighted by molar-refractivity contribution is 0.202. The van der Waals surface area contributed by atoms with Gasteiger partial charge in [-0.3, -0.25) is 0 Å². The molecule has 4 nitrogen and oxygen atoms in total.